The van der Waals surface area contributed by atoms with Crippen molar-refractivity contribution in [3.63, 3.8) is 0 Å². The molecule has 74 valence electrons. The molecule has 0 radical (unpaired) electrons. The van der Waals surface area contributed by atoms with Gasteiger partial charge in [-0.05, 0) is 0 Å². The second-order valence-corrected chi connectivity index (χ2v) is 2.55. The molecule has 1 aromatic heterocycles. The Balaban J connectivity index is 2.28. The highest BCUT2D eigenvalue weighted by molar-refractivity contribution is 5.82. The van der Waals surface area contributed by atoms with E-state index >= 15 is 0 Å². The fourth-order valence-corrected chi connectivity index (χ4v) is 0.870. The Morgan fingerprint density at radius 1 is 1.64 bits per heavy atom. The Bertz CT molecular complexity index is 326. The standard InChI is InChI=1S/C10H12N2O2/c1-14-10(13)6-4-2-3-5-9-11-7-8-12-9/h2-4,6-8H,5H2,1H3,(H,11,12)/b3-2+,6-4+. The predicted molar refractivity (Wildman–Crippen MR) is 52.6 cm³/mol. The minimum atomic E-state index is -0.354. The molecule has 14 heavy (non-hydrogen) atoms. The van der Waals surface area contributed by atoms with Gasteiger partial charge in [-0.1, -0.05) is 18.2 Å². The highest BCUT2D eigenvalue weighted by Gasteiger charge is 1.88. The number of ether oxygens (including phenoxy) is 1. The van der Waals surface area contributed by atoms with Crippen LogP contribution in [0.15, 0.2) is 36.7 Å². The van der Waals surface area contributed by atoms with Gasteiger partial charge in [0.1, 0.15) is 5.82 Å². The molecule has 4 heteroatoms. The molecule has 0 fully saturated rings. The van der Waals surface area contributed by atoms with Crippen molar-refractivity contribution in [1.29, 1.82) is 0 Å². The lowest BCUT2D eigenvalue weighted by atomic mass is 10.3. The number of carbonyl (C=O) groups is 1. The van der Waals surface area contributed by atoms with Crippen LogP contribution in [-0.4, -0.2) is 23.0 Å². The summed E-state index contributed by atoms with van der Waals surface area (Å²) in [6, 6.07) is 0. The first-order chi connectivity index (χ1) is 6.83. The van der Waals surface area contributed by atoms with E-state index in [1.165, 1.54) is 13.2 Å². The lowest BCUT2D eigenvalue weighted by Crippen LogP contribution is -1.92. The van der Waals surface area contributed by atoms with Gasteiger partial charge in [0.05, 0.1) is 7.11 Å². The first kappa shape index (κ1) is 10.2. The van der Waals surface area contributed by atoms with E-state index in [2.05, 4.69) is 14.7 Å². The fourth-order valence-electron chi connectivity index (χ4n) is 0.870. The summed E-state index contributed by atoms with van der Waals surface area (Å²) in [6.45, 7) is 0. The highest BCUT2D eigenvalue weighted by atomic mass is 16.5. The summed E-state index contributed by atoms with van der Waals surface area (Å²) in [4.78, 5) is 17.7. The third-order valence-corrected chi connectivity index (χ3v) is 1.55. The molecule has 4 nitrogen and oxygen atoms in total. The van der Waals surface area contributed by atoms with Gasteiger partial charge in [0.25, 0.3) is 0 Å². The molecule has 0 atom stereocenters. The zero-order chi connectivity index (χ0) is 10.2. The molecule has 0 amide bonds. The molecule has 0 spiro atoms. The Morgan fingerprint density at radius 2 is 2.50 bits per heavy atom. The number of nitrogens with zero attached hydrogens (tertiary/aromatic N) is 1. The second kappa shape index (κ2) is 5.75. The number of aromatic nitrogens is 2. The summed E-state index contributed by atoms with van der Waals surface area (Å²) in [6.07, 6.45) is 10.9. The van der Waals surface area contributed by atoms with Gasteiger partial charge in [0.15, 0.2) is 0 Å². The maximum Gasteiger partial charge on any atom is 0.330 e. The molecule has 0 unspecified atom stereocenters. The van der Waals surface area contributed by atoms with E-state index in [0.29, 0.717) is 0 Å². The summed E-state index contributed by atoms with van der Waals surface area (Å²) in [7, 11) is 1.35. The van der Waals surface area contributed by atoms with Crippen molar-refractivity contribution in [1.82, 2.24) is 9.97 Å². The zero-order valence-electron chi connectivity index (χ0n) is 7.93. The normalized spacial score (nSPS) is 11.2. The van der Waals surface area contributed by atoms with Gasteiger partial charge >= 0.3 is 5.97 Å². The summed E-state index contributed by atoms with van der Waals surface area (Å²) < 4.78 is 4.42. The number of methoxy groups -OCH3 is 1. The van der Waals surface area contributed by atoms with Gasteiger partial charge in [-0.2, -0.15) is 0 Å². The van der Waals surface area contributed by atoms with Gasteiger partial charge in [-0.15, -0.1) is 0 Å². The van der Waals surface area contributed by atoms with Gasteiger partial charge in [0.2, 0.25) is 0 Å². The number of rotatable bonds is 4. The van der Waals surface area contributed by atoms with E-state index in [-0.39, 0.29) is 5.97 Å². The SMILES string of the molecule is COC(=O)/C=C/C=C/Cc1ncc[nH]1. The fraction of sp³-hybridized carbons (Fsp3) is 0.200. The number of allylic oxidation sites excluding steroid dienone is 3. The quantitative estimate of drug-likeness (QED) is 0.443. The van der Waals surface area contributed by atoms with E-state index in [1.54, 1.807) is 24.5 Å². The van der Waals surface area contributed by atoms with Crippen LogP contribution >= 0.6 is 0 Å². The molecule has 1 rings (SSSR count). The van der Waals surface area contributed by atoms with Gasteiger partial charge in [0, 0.05) is 24.9 Å². The van der Waals surface area contributed by atoms with E-state index in [0.717, 1.165) is 12.2 Å². The average molecular weight is 192 g/mol. The molecule has 0 aliphatic rings. The first-order valence-corrected chi connectivity index (χ1v) is 4.22. The maximum atomic E-state index is 10.6. The predicted octanol–water partition coefficient (Wildman–Crippen LogP) is 1.24. The molecule has 0 aromatic carbocycles. The van der Waals surface area contributed by atoms with Crippen LogP contribution in [0, 0.1) is 0 Å². The summed E-state index contributed by atoms with van der Waals surface area (Å²) in [5.41, 5.74) is 0. The van der Waals surface area contributed by atoms with Crippen LogP contribution in [-0.2, 0) is 16.0 Å². The maximum absolute atomic E-state index is 10.6. The van der Waals surface area contributed by atoms with Crippen molar-refractivity contribution in [2.24, 2.45) is 0 Å². The molecular formula is C10H12N2O2. The van der Waals surface area contributed by atoms with Crippen LogP contribution in [0.2, 0.25) is 0 Å². The first-order valence-electron chi connectivity index (χ1n) is 4.22. The Kier molecular flexibility index (Phi) is 4.20. The van der Waals surface area contributed by atoms with Gasteiger partial charge in [-0.25, -0.2) is 9.78 Å². The number of imidazole rings is 1. The van der Waals surface area contributed by atoms with Crippen LogP contribution in [0.5, 0.6) is 0 Å². The Hall–Kier alpha value is -1.84. The zero-order valence-corrected chi connectivity index (χ0v) is 7.93. The summed E-state index contributed by atoms with van der Waals surface area (Å²) in [5, 5.41) is 0. The van der Waals surface area contributed by atoms with Crippen molar-refractivity contribution < 1.29 is 9.53 Å². The topological polar surface area (TPSA) is 55.0 Å². The van der Waals surface area contributed by atoms with Crippen LogP contribution in [0.4, 0.5) is 0 Å². The number of hydrogen-bond donors (Lipinski definition) is 1. The minimum absolute atomic E-state index is 0.354. The minimum Gasteiger partial charge on any atom is -0.466 e. The molecule has 0 saturated carbocycles. The Morgan fingerprint density at radius 3 is 3.14 bits per heavy atom. The second-order valence-electron chi connectivity index (χ2n) is 2.55. The van der Waals surface area contributed by atoms with Crippen molar-refractivity contribution >= 4 is 5.97 Å². The summed E-state index contributed by atoms with van der Waals surface area (Å²) in [5.74, 6) is 0.542. The lowest BCUT2D eigenvalue weighted by Gasteiger charge is -1.87. The van der Waals surface area contributed by atoms with Crippen molar-refractivity contribution in [2.45, 2.75) is 6.42 Å². The number of hydrogen-bond acceptors (Lipinski definition) is 3. The van der Waals surface area contributed by atoms with E-state index in [9.17, 15) is 4.79 Å². The summed E-state index contributed by atoms with van der Waals surface area (Å²) >= 11 is 0. The van der Waals surface area contributed by atoms with Gasteiger partial charge < -0.3 is 9.72 Å². The highest BCUT2D eigenvalue weighted by Crippen LogP contribution is 1.91. The number of H-pyrrole nitrogens is 1. The molecular weight excluding hydrogens is 180 g/mol. The largest absolute Gasteiger partial charge is 0.466 e. The molecule has 0 aliphatic carbocycles. The van der Waals surface area contributed by atoms with Crippen LogP contribution in [0.25, 0.3) is 0 Å². The number of carbonyl (C=O) groups excluding carboxylic acids is 1. The molecule has 1 N–H and O–H groups in total. The Labute approximate surface area is 82.3 Å². The van der Waals surface area contributed by atoms with Crippen molar-refractivity contribution in [3.05, 3.63) is 42.5 Å². The monoisotopic (exact) mass is 192 g/mol. The molecule has 0 bridgehead atoms. The smallest absolute Gasteiger partial charge is 0.330 e. The van der Waals surface area contributed by atoms with E-state index < -0.39 is 0 Å². The molecule has 0 aliphatic heterocycles. The van der Waals surface area contributed by atoms with Crippen LogP contribution in [0.3, 0.4) is 0 Å². The lowest BCUT2D eigenvalue weighted by molar-refractivity contribution is -0.134. The third kappa shape index (κ3) is 3.71. The number of nitrogens with one attached hydrogen (secondary N) is 1. The van der Waals surface area contributed by atoms with E-state index in [4.69, 9.17) is 0 Å². The third-order valence-electron chi connectivity index (χ3n) is 1.55. The molecule has 1 heterocycles. The van der Waals surface area contributed by atoms with Crippen LogP contribution in [0.1, 0.15) is 5.82 Å². The van der Waals surface area contributed by atoms with E-state index in [1.807, 2.05) is 6.08 Å². The number of aromatic amines is 1. The van der Waals surface area contributed by atoms with Crippen molar-refractivity contribution in [2.75, 3.05) is 7.11 Å². The van der Waals surface area contributed by atoms with Gasteiger partial charge in [-0.3, -0.25) is 0 Å². The van der Waals surface area contributed by atoms with Crippen molar-refractivity contribution in [3.8, 4) is 0 Å². The van der Waals surface area contributed by atoms with Crippen LogP contribution < -0.4 is 0 Å². The molecule has 1 aromatic rings. The number of esters is 1. The average Bonchev–Trinajstić information content (AvgIpc) is 2.69. The molecule has 0 saturated heterocycles.